The van der Waals surface area contributed by atoms with Crippen LogP contribution in [0, 0.1) is 0 Å². The Labute approximate surface area is 108 Å². The number of aromatic hydroxyl groups is 2. The van der Waals surface area contributed by atoms with Crippen LogP contribution in [0.15, 0.2) is 36.4 Å². The Morgan fingerprint density at radius 1 is 0.889 bits per heavy atom. The maximum atomic E-state index is 10.1. The van der Waals surface area contributed by atoms with Gasteiger partial charge in [0.25, 0.3) is 0 Å². The minimum Gasteiger partial charge on any atom is -0.508 e. The number of hydrogen-bond donors (Lipinski definition) is 2. The lowest BCUT2D eigenvalue weighted by atomic mass is 9.92. The van der Waals surface area contributed by atoms with Gasteiger partial charge in [0.15, 0.2) is 0 Å². The first-order chi connectivity index (χ1) is 8.67. The number of phenols is 2. The molecule has 0 aliphatic heterocycles. The number of benzene rings is 2. The van der Waals surface area contributed by atoms with E-state index in [4.69, 9.17) is 0 Å². The molecule has 0 radical (unpaired) electrons. The first-order valence-corrected chi connectivity index (χ1v) is 6.30. The van der Waals surface area contributed by atoms with Crippen LogP contribution in [0.5, 0.6) is 11.5 Å². The Balaban J connectivity index is 2.68. The highest BCUT2D eigenvalue weighted by Gasteiger charge is 2.12. The van der Waals surface area contributed by atoms with Crippen LogP contribution >= 0.6 is 0 Å². The fourth-order valence-electron chi connectivity index (χ4n) is 2.31. The summed E-state index contributed by atoms with van der Waals surface area (Å²) in [5.41, 5.74) is 4.06. The molecule has 0 saturated carbocycles. The van der Waals surface area contributed by atoms with Gasteiger partial charge in [-0.25, -0.2) is 0 Å². The van der Waals surface area contributed by atoms with Crippen LogP contribution in [0.25, 0.3) is 11.1 Å². The molecule has 2 heteroatoms. The zero-order chi connectivity index (χ0) is 13.1. The summed E-state index contributed by atoms with van der Waals surface area (Å²) in [5, 5.41) is 19.7. The summed E-state index contributed by atoms with van der Waals surface area (Å²) in [6, 6.07) is 10.9. The fourth-order valence-corrected chi connectivity index (χ4v) is 2.31. The highest BCUT2D eigenvalue weighted by atomic mass is 16.3. The van der Waals surface area contributed by atoms with Crippen molar-refractivity contribution < 1.29 is 10.2 Å². The van der Waals surface area contributed by atoms with Gasteiger partial charge in [-0.2, -0.15) is 0 Å². The van der Waals surface area contributed by atoms with Crippen molar-refractivity contribution in [2.24, 2.45) is 0 Å². The Hall–Kier alpha value is -1.96. The summed E-state index contributed by atoms with van der Waals surface area (Å²) in [6.07, 6.45) is 1.69. The van der Waals surface area contributed by atoms with E-state index in [1.54, 1.807) is 18.2 Å². The monoisotopic (exact) mass is 242 g/mol. The SMILES string of the molecule is CCc1cc(O)ccc1-c1c(O)cccc1CC. The Kier molecular flexibility index (Phi) is 3.56. The maximum absolute atomic E-state index is 10.1. The summed E-state index contributed by atoms with van der Waals surface area (Å²) in [5.74, 6) is 0.568. The zero-order valence-electron chi connectivity index (χ0n) is 10.8. The summed E-state index contributed by atoms with van der Waals surface area (Å²) < 4.78 is 0. The van der Waals surface area contributed by atoms with Crippen LogP contribution in [0.2, 0.25) is 0 Å². The summed E-state index contributed by atoms with van der Waals surface area (Å²) >= 11 is 0. The molecular weight excluding hydrogens is 224 g/mol. The van der Waals surface area contributed by atoms with E-state index < -0.39 is 0 Å². The van der Waals surface area contributed by atoms with Crippen molar-refractivity contribution in [2.75, 3.05) is 0 Å². The molecule has 0 unspecified atom stereocenters. The minimum absolute atomic E-state index is 0.268. The van der Waals surface area contributed by atoms with Gasteiger partial charge in [0.05, 0.1) is 0 Å². The molecule has 94 valence electrons. The zero-order valence-corrected chi connectivity index (χ0v) is 10.8. The molecule has 2 aromatic rings. The van der Waals surface area contributed by atoms with Crippen LogP contribution < -0.4 is 0 Å². The average Bonchev–Trinajstić information content (AvgIpc) is 2.38. The van der Waals surface area contributed by atoms with Crippen LogP contribution in [-0.2, 0) is 12.8 Å². The summed E-state index contributed by atoms with van der Waals surface area (Å²) in [7, 11) is 0. The third-order valence-electron chi connectivity index (χ3n) is 3.25. The van der Waals surface area contributed by atoms with E-state index in [-0.39, 0.29) is 5.75 Å². The Bertz CT molecular complexity index is 559. The largest absolute Gasteiger partial charge is 0.508 e. The third kappa shape index (κ3) is 2.19. The van der Waals surface area contributed by atoms with E-state index in [1.807, 2.05) is 25.1 Å². The van der Waals surface area contributed by atoms with Crippen molar-refractivity contribution in [3.63, 3.8) is 0 Å². The number of hydrogen-bond acceptors (Lipinski definition) is 2. The summed E-state index contributed by atoms with van der Waals surface area (Å²) in [4.78, 5) is 0. The third-order valence-corrected chi connectivity index (χ3v) is 3.25. The lowest BCUT2D eigenvalue weighted by molar-refractivity contribution is 0.473. The maximum Gasteiger partial charge on any atom is 0.123 e. The highest BCUT2D eigenvalue weighted by Crippen LogP contribution is 2.36. The predicted molar refractivity (Wildman–Crippen MR) is 74.0 cm³/mol. The molecule has 0 atom stereocenters. The second kappa shape index (κ2) is 5.13. The normalized spacial score (nSPS) is 10.6. The first kappa shape index (κ1) is 12.5. The molecule has 18 heavy (non-hydrogen) atoms. The number of phenolic OH excluding ortho intramolecular Hbond substituents is 2. The molecular formula is C16H18O2. The smallest absolute Gasteiger partial charge is 0.123 e. The lowest BCUT2D eigenvalue weighted by Gasteiger charge is -2.14. The van der Waals surface area contributed by atoms with Gasteiger partial charge in [-0.1, -0.05) is 32.0 Å². The van der Waals surface area contributed by atoms with Gasteiger partial charge in [-0.3, -0.25) is 0 Å². The van der Waals surface area contributed by atoms with Gasteiger partial charge in [0.1, 0.15) is 11.5 Å². The molecule has 0 amide bonds. The highest BCUT2D eigenvalue weighted by molar-refractivity contribution is 5.77. The second-order valence-corrected chi connectivity index (χ2v) is 4.36. The molecule has 0 aliphatic rings. The standard InChI is InChI=1S/C16H18O2/c1-3-11-6-5-7-15(18)16(11)14-9-8-13(17)10-12(14)4-2/h5-10,17-18H,3-4H2,1-2H3. The molecule has 0 spiro atoms. The molecule has 0 heterocycles. The van der Waals surface area contributed by atoms with Crippen LogP contribution in [0.3, 0.4) is 0 Å². The molecule has 0 fully saturated rings. The van der Waals surface area contributed by atoms with Crippen molar-refractivity contribution >= 4 is 0 Å². The van der Waals surface area contributed by atoms with Crippen molar-refractivity contribution in [3.05, 3.63) is 47.5 Å². The number of aryl methyl sites for hydroxylation is 2. The molecule has 0 saturated heterocycles. The molecule has 2 N–H and O–H groups in total. The van der Waals surface area contributed by atoms with Gasteiger partial charge in [-0.05, 0) is 47.7 Å². The van der Waals surface area contributed by atoms with Crippen LogP contribution in [0.4, 0.5) is 0 Å². The lowest BCUT2D eigenvalue weighted by Crippen LogP contribution is -1.93. The van der Waals surface area contributed by atoms with Gasteiger partial charge >= 0.3 is 0 Å². The van der Waals surface area contributed by atoms with E-state index >= 15 is 0 Å². The van der Waals surface area contributed by atoms with Crippen molar-refractivity contribution in [2.45, 2.75) is 26.7 Å². The van der Waals surface area contributed by atoms with E-state index in [2.05, 4.69) is 6.92 Å². The van der Waals surface area contributed by atoms with E-state index in [9.17, 15) is 10.2 Å². The van der Waals surface area contributed by atoms with Crippen molar-refractivity contribution in [1.82, 2.24) is 0 Å². The topological polar surface area (TPSA) is 40.5 Å². The molecule has 2 aromatic carbocycles. The quantitative estimate of drug-likeness (QED) is 0.857. The fraction of sp³-hybridized carbons (Fsp3) is 0.250. The Morgan fingerprint density at radius 3 is 2.28 bits per heavy atom. The van der Waals surface area contributed by atoms with Gasteiger partial charge in [0, 0.05) is 5.56 Å². The minimum atomic E-state index is 0.268. The van der Waals surface area contributed by atoms with Gasteiger partial charge < -0.3 is 10.2 Å². The molecule has 0 bridgehead atoms. The second-order valence-electron chi connectivity index (χ2n) is 4.36. The van der Waals surface area contributed by atoms with Gasteiger partial charge in [0.2, 0.25) is 0 Å². The first-order valence-electron chi connectivity index (χ1n) is 6.30. The molecule has 2 nitrogen and oxygen atoms in total. The van der Waals surface area contributed by atoms with E-state index in [0.29, 0.717) is 5.75 Å². The van der Waals surface area contributed by atoms with Crippen LogP contribution in [-0.4, -0.2) is 10.2 Å². The number of rotatable bonds is 3. The average molecular weight is 242 g/mol. The van der Waals surface area contributed by atoms with E-state index in [1.165, 1.54) is 0 Å². The van der Waals surface area contributed by atoms with Crippen molar-refractivity contribution in [3.8, 4) is 22.6 Å². The van der Waals surface area contributed by atoms with Crippen LogP contribution in [0.1, 0.15) is 25.0 Å². The Morgan fingerprint density at radius 2 is 1.61 bits per heavy atom. The molecule has 0 aromatic heterocycles. The summed E-state index contributed by atoms with van der Waals surface area (Å²) in [6.45, 7) is 4.12. The van der Waals surface area contributed by atoms with E-state index in [0.717, 1.165) is 35.1 Å². The van der Waals surface area contributed by atoms with Gasteiger partial charge in [-0.15, -0.1) is 0 Å². The predicted octanol–water partition coefficient (Wildman–Crippen LogP) is 3.89. The van der Waals surface area contributed by atoms with Crippen molar-refractivity contribution in [1.29, 1.82) is 0 Å². The molecule has 0 aliphatic carbocycles. The molecule has 2 rings (SSSR count).